The molecule has 0 bridgehead atoms. The van der Waals surface area contributed by atoms with Crippen molar-refractivity contribution in [2.45, 2.75) is 65.0 Å². The fourth-order valence-electron chi connectivity index (χ4n) is 2.87. The van der Waals surface area contributed by atoms with Gasteiger partial charge in [-0.25, -0.2) is 10.8 Å². The highest BCUT2D eigenvalue weighted by molar-refractivity contribution is 5.79. The van der Waals surface area contributed by atoms with Gasteiger partial charge in [-0.1, -0.05) is 19.3 Å². The monoisotopic (exact) mass is 278 g/mol. The number of nitrogens with one attached hydrogen (secondary N) is 2. The van der Waals surface area contributed by atoms with Crippen LogP contribution in [0, 0.1) is 13.8 Å². The first kappa shape index (κ1) is 14.9. The van der Waals surface area contributed by atoms with Gasteiger partial charge >= 0.3 is 0 Å². The Labute approximate surface area is 121 Å². The van der Waals surface area contributed by atoms with Gasteiger partial charge in [-0.2, -0.15) is 0 Å². The highest BCUT2D eigenvalue weighted by Gasteiger charge is 2.16. The van der Waals surface area contributed by atoms with Gasteiger partial charge < -0.3 is 9.73 Å². The van der Waals surface area contributed by atoms with Gasteiger partial charge in [-0.05, 0) is 39.7 Å². The first-order valence-corrected chi connectivity index (χ1v) is 7.48. The molecule has 5 nitrogen and oxygen atoms in total. The maximum absolute atomic E-state index is 5.59. The molecule has 1 atom stereocenters. The van der Waals surface area contributed by atoms with E-state index >= 15 is 0 Å². The van der Waals surface area contributed by atoms with Crippen LogP contribution in [0.15, 0.2) is 15.5 Å². The van der Waals surface area contributed by atoms with Gasteiger partial charge in [0.1, 0.15) is 11.5 Å². The SMILES string of the molecule is Cc1cc(C(C)NC(=NC2CCCCC2)NN)c(C)o1. The average molecular weight is 278 g/mol. The van der Waals surface area contributed by atoms with Crippen molar-refractivity contribution in [3.63, 3.8) is 0 Å². The standard InChI is InChI=1S/C15H26N4O/c1-10-9-14(12(3)20-10)11(2)17-15(19-16)18-13-7-5-4-6-8-13/h9,11,13H,4-8,16H2,1-3H3,(H2,17,18,19). The Kier molecular flexibility index (Phi) is 5.06. The molecule has 1 aromatic rings. The fraction of sp³-hybridized carbons (Fsp3) is 0.667. The van der Waals surface area contributed by atoms with Crippen molar-refractivity contribution in [2.75, 3.05) is 0 Å². The number of nitrogens with two attached hydrogens (primary N) is 1. The van der Waals surface area contributed by atoms with Gasteiger partial charge in [-0.3, -0.25) is 5.43 Å². The summed E-state index contributed by atoms with van der Waals surface area (Å²) in [4.78, 5) is 4.69. The second kappa shape index (κ2) is 6.79. The van der Waals surface area contributed by atoms with Crippen molar-refractivity contribution in [1.82, 2.24) is 10.7 Å². The smallest absolute Gasteiger partial charge is 0.206 e. The Balaban J connectivity index is 2.01. The maximum Gasteiger partial charge on any atom is 0.206 e. The summed E-state index contributed by atoms with van der Waals surface area (Å²) in [6.45, 7) is 6.03. The van der Waals surface area contributed by atoms with Crippen molar-refractivity contribution < 1.29 is 4.42 Å². The molecule has 1 unspecified atom stereocenters. The van der Waals surface area contributed by atoms with Crippen LogP contribution in [-0.4, -0.2) is 12.0 Å². The Hall–Kier alpha value is -1.49. The third-order valence-corrected chi connectivity index (χ3v) is 3.92. The third kappa shape index (κ3) is 3.76. The molecule has 1 fully saturated rings. The molecule has 1 aliphatic carbocycles. The molecule has 0 aromatic carbocycles. The molecule has 1 saturated carbocycles. The molecule has 0 radical (unpaired) electrons. The van der Waals surface area contributed by atoms with Crippen LogP contribution in [0.3, 0.4) is 0 Å². The molecule has 2 rings (SSSR count). The van der Waals surface area contributed by atoms with E-state index in [1.807, 2.05) is 13.8 Å². The molecule has 1 aromatic heterocycles. The molecule has 20 heavy (non-hydrogen) atoms. The van der Waals surface area contributed by atoms with E-state index in [0.717, 1.165) is 29.9 Å². The molecule has 5 heteroatoms. The van der Waals surface area contributed by atoms with E-state index in [-0.39, 0.29) is 6.04 Å². The van der Waals surface area contributed by atoms with E-state index in [1.54, 1.807) is 0 Å². The summed E-state index contributed by atoms with van der Waals surface area (Å²) in [5, 5.41) is 3.34. The van der Waals surface area contributed by atoms with Crippen LogP contribution in [0.5, 0.6) is 0 Å². The number of hydrogen-bond donors (Lipinski definition) is 3. The molecule has 112 valence electrons. The van der Waals surface area contributed by atoms with Crippen LogP contribution in [-0.2, 0) is 0 Å². The molecule has 1 heterocycles. The Morgan fingerprint density at radius 3 is 2.60 bits per heavy atom. The number of hydrogen-bond acceptors (Lipinski definition) is 3. The molecule has 4 N–H and O–H groups in total. The van der Waals surface area contributed by atoms with Gasteiger partial charge in [0.15, 0.2) is 0 Å². The number of rotatable bonds is 3. The lowest BCUT2D eigenvalue weighted by Gasteiger charge is -2.21. The van der Waals surface area contributed by atoms with E-state index in [1.165, 1.54) is 19.3 Å². The minimum Gasteiger partial charge on any atom is -0.466 e. The quantitative estimate of drug-likeness (QED) is 0.344. The lowest BCUT2D eigenvalue weighted by Crippen LogP contribution is -2.43. The molecule has 0 spiro atoms. The molecule has 0 aliphatic heterocycles. The third-order valence-electron chi connectivity index (χ3n) is 3.92. The number of guanidine groups is 1. The summed E-state index contributed by atoms with van der Waals surface area (Å²) < 4.78 is 5.57. The zero-order valence-electron chi connectivity index (χ0n) is 12.7. The van der Waals surface area contributed by atoms with Crippen LogP contribution < -0.4 is 16.6 Å². The van der Waals surface area contributed by atoms with Crippen LogP contribution >= 0.6 is 0 Å². The van der Waals surface area contributed by atoms with E-state index < -0.39 is 0 Å². The lowest BCUT2D eigenvalue weighted by atomic mass is 9.96. The minimum atomic E-state index is 0.117. The summed E-state index contributed by atoms with van der Waals surface area (Å²) in [5.41, 5.74) is 3.83. The number of aryl methyl sites for hydroxylation is 2. The fourth-order valence-corrected chi connectivity index (χ4v) is 2.87. The molecule has 0 amide bonds. The number of furan rings is 1. The van der Waals surface area contributed by atoms with Gasteiger partial charge in [0.05, 0.1) is 12.1 Å². The summed E-state index contributed by atoms with van der Waals surface area (Å²) in [7, 11) is 0. The van der Waals surface area contributed by atoms with Gasteiger partial charge in [-0.15, -0.1) is 0 Å². The van der Waals surface area contributed by atoms with E-state index in [4.69, 9.17) is 15.3 Å². The lowest BCUT2D eigenvalue weighted by molar-refractivity contribution is 0.440. The molecular weight excluding hydrogens is 252 g/mol. The zero-order valence-corrected chi connectivity index (χ0v) is 12.7. The number of hydrazine groups is 1. The van der Waals surface area contributed by atoms with Crippen LogP contribution in [0.4, 0.5) is 0 Å². The number of nitrogens with zero attached hydrogens (tertiary/aromatic N) is 1. The second-order valence-electron chi connectivity index (χ2n) is 5.65. The van der Waals surface area contributed by atoms with Crippen molar-refractivity contribution in [2.24, 2.45) is 10.8 Å². The first-order chi connectivity index (χ1) is 9.60. The average Bonchev–Trinajstić information content (AvgIpc) is 2.78. The van der Waals surface area contributed by atoms with E-state index in [2.05, 4.69) is 23.7 Å². The van der Waals surface area contributed by atoms with Crippen molar-refractivity contribution in [3.05, 3.63) is 23.2 Å². The summed E-state index contributed by atoms with van der Waals surface area (Å²) in [6.07, 6.45) is 6.17. The second-order valence-corrected chi connectivity index (χ2v) is 5.65. The Morgan fingerprint density at radius 2 is 2.05 bits per heavy atom. The van der Waals surface area contributed by atoms with Crippen molar-refractivity contribution in [3.8, 4) is 0 Å². The minimum absolute atomic E-state index is 0.117. The summed E-state index contributed by atoms with van der Waals surface area (Å²) in [6, 6.07) is 2.56. The van der Waals surface area contributed by atoms with E-state index in [9.17, 15) is 0 Å². The van der Waals surface area contributed by atoms with Crippen LogP contribution in [0.1, 0.15) is 62.2 Å². The van der Waals surface area contributed by atoms with Crippen LogP contribution in [0.2, 0.25) is 0 Å². The van der Waals surface area contributed by atoms with Gasteiger partial charge in [0.25, 0.3) is 0 Å². The highest BCUT2D eigenvalue weighted by Crippen LogP contribution is 2.22. The predicted molar refractivity (Wildman–Crippen MR) is 81.4 cm³/mol. The largest absolute Gasteiger partial charge is 0.466 e. The maximum atomic E-state index is 5.59. The Morgan fingerprint density at radius 1 is 1.35 bits per heavy atom. The van der Waals surface area contributed by atoms with Crippen molar-refractivity contribution in [1.29, 1.82) is 0 Å². The summed E-state index contributed by atoms with van der Waals surface area (Å²) in [5.74, 6) is 8.13. The molecular formula is C15H26N4O. The molecule has 0 saturated heterocycles. The van der Waals surface area contributed by atoms with Gasteiger partial charge in [0.2, 0.25) is 5.96 Å². The Bertz CT molecular complexity index is 460. The molecule has 1 aliphatic rings. The van der Waals surface area contributed by atoms with E-state index in [0.29, 0.717) is 12.0 Å². The van der Waals surface area contributed by atoms with Gasteiger partial charge in [0, 0.05) is 5.56 Å². The van der Waals surface area contributed by atoms with Crippen LogP contribution in [0.25, 0.3) is 0 Å². The van der Waals surface area contributed by atoms with Crippen molar-refractivity contribution >= 4 is 5.96 Å². The summed E-state index contributed by atoms with van der Waals surface area (Å²) >= 11 is 0. The first-order valence-electron chi connectivity index (χ1n) is 7.48. The predicted octanol–water partition coefficient (Wildman–Crippen LogP) is 2.70. The highest BCUT2D eigenvalue weighted by atomic mass is 16.3. The topological polar surface area (TPSA) is 75.6 Å². The zero-order chi connectivity index (χ0) is 14.5. The normalized spacial score (nSPS) is 18.9. The number of aliphatic imine (C=N–C) groups is 1.